The summed E-state index contributed by atoms with van der Waals surface area (Å²) in [4.78, 5) is 23.3. The van der Waals surface area contributed by atoms with Crippen LogP contribution >= 0.6 is 0 Å². The van der Waals surface area contributed by atoms with Crippen LogP contribution in [0.4, 0.5) is 24.7 Å². The van der Waals surface area contributed by atoms with Gasteiger partial charge in [-0.05, 0) is 29.8 Å². The van der Waals surface area contributed by atoms with Gasteiger partial charge in [-0.3, -0.25) is 9.78 Å². The lowest BCUT2D eigenvalue weighted by molar-refractivity contribution is -0.156. The molecular formula is C24H20F3N5O2. The number of amides is 1. The highest BCUT2D eigenvalue weighted by Gasteiger charge is 2.44. The Morgan fingerprint density at radius 3 is 2.50 bits per heavy atom. The van der Waals surface area contributed by atoms with E-state index in [-0.39, 0.29) is 22.9 Å². The summed E-state index contributed by atoms with van der Waals surface area (Å²) in [6.07, 6.45) is -0.780. The third kappa shape index (κ3) is 4.08. The van der Waals surface area contributed by atoms with Crippen LogP contribution in [-0.2, 0) is 0 Å². The summed E-state index contributed by atoms with van der Waals surface area (Å²) in [6, 6.07) is 11.6. The number of rotatable bonds is 5. The number of hydrogen-bond acceptors (Lipinski definition) is 5. The van der Waals surface area contributed by atoms with E-state index in [2.05, 4.69) is 15.3 Å². The molecule has 0 aliphatic carbocycles. The van der Waals surface area contributed by atoms with Gasteiger partial charge in [0, 0.05) is 30.9 Å². The molecule has 0 radical (unpaired) electrons. The Bertz CT molecular complexity index is 1320. The van der Waals surface area contributed by atoms with Gasteiger partial charge in [0.1, 0.15) is 11.5 Å². The molecule has 0 saturated carbocycles. The summed E-state index contributed by atoms with van der Waals surface area (Å²) >= 11 is 0. The fraction of sp³-hybridized carbons (Fsp3) is 0.208. The van der Waals surface area contributed by atoms with Crippen molar-refractivity contribution in [3.05, 3.63) is 84.4 Å². The number of hydrogen-bond donors (Lipinski definition) is 2. The van der Waals surface area contributed by atoms with E-state index in [1.807, 2.05) is 4.90 Å². The van der Waals surface area contributed by atoms with Gasteiger partial charge in [0.25, 0.3) is 5.91 Å². The average molecular weight is 467 g/mol. The first-order valence-corrected chi connectivity index (χ1v) is 10.6. The molecule has 4 heterocycles. The maximum atomic E-state index is 14.4. The highest BCUT2D eigenvalue weighted by atomic mass is 19.4. The average Bonchev–Trinajstić information content (AvgIpc) is 3.17. The molecule has 1 atom stereocenters. The van der Waals surface area contributed by atoms with Crippen LogP contribution in [0.15, 0.2) is 73.2 Å². The van der Waals surface area contributed by atoms with Crippen molar-refractivity contribution >= 4 is 28.3 Å². The maximum absolute atomic E-state index is 14.4. The molecule has 10 heteroatoms. The normalized spacial score (nSPS) is 15.2. The smallest absolute Gasteiger partial charge is 0.389 e. The van der Waals surface area contributed by atoms with Crippen LogP contribution in [0.3, 0.4) is 0 Å². The minimum atomic E-state index is -4.66. The van der Waals surface area contributed by atoms with Gasteiger partial charge < -0.3 is 19.9 Å². The molecule has 4 aromatic rings. The maximum Gasteiger partial charge on any atom is 0.413 e. The minimum Gasteiger partial charge on any atom is -0.389 e. The number of benzene rings is 1. The van der Waals surface area contributed by atoms with E-state index in [0.717, 1.165) is 4.57 Å². The molecule has 7 nitrogen and oxygen atoms in total. The number of carbonyl (C=O) groups excluding carboxylic acids is 1. The first-order valence-electron chi connectivity index (χ1n) is 10.6. The number of fused-ring (bicyclic) bond motifs is 1. The number of alkyl halides is 3. The molecule has 1 aliphatic rings. The molecule has 34 heavy (non-hydrogen) atoms. The highest BCUT2D eigenvalue weighted by Crippen LogP contribution is 2.40. The van der Waals surface area contributed by atoms with Crippen molar-refractivity contribution in [3.8, 4) is 0 Å². The first kappa shape index (κ1) is 21.9. The predicted molar refractivity (Wildman–Crippen MR) is 121 cm³/mol. The van der Waals surface area contributed by atoms with Gasteiger partial charge in [0.05, 0.1) is 23.5 Å². The van der Waals surface area contributed by atoms with Crippen molar-refractivity contribution in [3.63, 3.8) is 0 Å². The zero-order valence-electron chi connectivity index (χ0n) is 17.8. The second kappa shape index (κ2) is 8.45. The molecule has 1 fully saturated rings. The van der Waals surface area contributed by atoms with Crippen molar-refractivity contribution in [2.75, 3.05) is 23.3 Å². The van der Waals surface area contributed by atoms with Crippen LogP contribution in [-0.4, -0.2) is 50.9 Å². The summed E-state index contributed by atoms with van der Waals surface area (Å²) in [5, 5.41) is 12.5. The molecule has 1 aliphatic heterocycles. The number of halogens is 3. The Hall–Kier alpha value is -3.92. The van der Waals surface area contributed by atoms with E-state index in [9.17, 15) is 23.1 Å². The fourth-order valence-electron chi connectivity index (χ4n) is 4.13. The van der Waals surface area contributed by atoms with Crippen LogP contribution < -0.4 is 10.2 Å². The molecule has 5 rings (SSSR count). The Balaban J connectivity index is 1.52. The first-order chi connectivity index (χ1) is 16.3. The van der Waals surface area contributed by atoms with E-state index in [0.29, 0.717) is 30.0 Å². The molecule has 1 aromatic carbocycles. The van der Waals surface area contributed by atoms with Crippen molar-refractivity contribution in [1.82, 2.24) is 14.5 Å². The summed E-state index contributed by atoms with van der Waals surface area (Å²) in [5.41, 5.74) is 0.453. The summed E-state index contributed by atoms with van der Waals surface area (Å²) < 4.78 is 44.1. The Morgan fingerprint density at radius 2 is 1.85 bits per heavy atom. The largest absolute Gasteiger partial charge is 0.413 e. The van der Waals surface area contributed by atoms with Crippen LogP contribution in [0.25, 0.3) is 10.9 Å². The minimum absolute atomic E-state index is 0.0149. The number of aliphatic hydroxyl groups is 1. The van der Waals surface area contributed by atoms with E-state index < -0.39 is 18.1 Å². The SMILES string of the molecule is O=C(Nc1ccc(N2CC(O)C2)nc1)c1cc2cnccc2n1C(c1ccccc1)C(F)(F)F. The number of nitrogens with zero attached hydrogens (tertiary/aromatic N) is 4. The van der Waals surface area contributed by atoms with E-state index in [1.54, 1.807) is 18.2 Å². The van der Waals surface area contributed by atoms with Crippen molar-refractivity contribution in [2.24, 2.45) is 0 Å². The Kier molecular flexibility index (Phi) is 5.45. The van der Waals surface area contributed by atoms with Gasteiger partial charge in [-0.15, -0.1) is 0 Å². The second-order valence-corrected chi connectivity index (χ2v) is 8.11. The van der Waals surface area contributed by atoms with Crippen molar-refractivity contribution in [1.29, 1.82) is 0 Å². The molecule has 0 bridgehead atoms. The van der Waals surface area contributed by atoms with Crippen LogP contribution in [0, 0.1) is 0 Å². The lowest BCUT2D eigenvalue weighted by Crippen LogP contribution is -2.51. The van der Waals surface area contributed by atoms with Crippen LogP contribution in [0.5, 0.6) is 0 Å². The van der Waals surface area contributed by atoms with Crippen molar-refractivity contribution in [2.45, 2.75) is 18.3 Å². The molecule has 1 amide bonds. The predicted octanol–water partition coefficient (Wildman–Crippen LogP) is 4.02. The number of aromatic nitrogens is 3. The molecule has 2 N–H and O–H groups in total. The molecule has 1 unspecified atom stereocenters. The topological polar surface area (TPSA) is 83.3 Å². The number of β-amino-alcohol motifs (C(OH)–C–C–N with tert-alkyl or cyclic N) is 1. The third-order valence-electron chi connectivity index (χ3n) is 5.75. The third-order valence-corrected chi connectivity index (χ3v) is 5.75. The monoisotopic (exact) mass is 467 g/mol. The summed E-state index contributed by atoms with van der Waals surface area (Å²) in [7, 11) is 0. The lowest BCUT2D eigenvalue weighted by Gasteiger charge is -2.36. The van der Waals surface area contributed by atoms with Gasteiger partial charge >= 0.3 is 6.18 Å². The molecule has 174 valence electrons. The van der Waals surface area contributed by atoms with E-state index in [1.165, 1.54) is 55.0 Å². The number of nitrogens with one attached hydrogen (secondary N) is 1. The van der Waals surface area contributed by atoms with Gasteiger partial charge in [-0.2, -0.15) is 13.2 Å². The number of carbonyl (C=O) groups is 1. The fourth-order valence-corrected chi connectivity index (χ4v) is 4.13. The molecule has 3 aromatic heterocycles. The van der Waals surface area contributed by atoms with Gasteiger partial charge in [0.2, 0.25) is 0 Å². The zero-order chi connectivity index (χ0) is 23.9. The summed E-state index contributed by atoms with van der Waals surface area (Å²) in [6.45, 7) is 0.955. The molecule has 1 saturated heterocycles. The highest BCUT2D eigenvalue weighted by molar-refractivity contribution is 6.06. The van der Waals surface area contributed by atoms with Crippen molar-refractivity contribution < 1.29 is 23.1 Å². The Morgan fingerprint density at radius 1 is 1.09 bits per heavy atom. The number of pyridine rings is 2. The number of aliphatic hydroxyl groups excluding tert-OH is 1. The van der Waals surface area contributed by atoms with E-state index >= 15 is 0 Å². The standard InChI is InChI=1S/C24H20F3N5O2/c25-24(26,27)22(15-4-2-1-3-5-15)32-19-8-9-28-11-16(19)10-20(32)23(34)30-17-6-7-21(29-12-17)31-13-18(33)14-31/h1-12,18,22,33H,13-14H2,(H,30,34). The van der Waals surface area contributed by atoms with Crippen LogP contribution in [0.2, 0.25) is 0 Å². The van der Waals surface area contributed by atoms with Gasteiger partial charge in [-0.1, -0.05) is 30.3 Å². The summed E-state index contributed by atoms with van der Waals surface area (Å²) in [5.74, 6) is -0.0556. The Labute approximate surface area is 192 Å². The molecular weight excluding hydrogens is 447 g/mol. The second-order valence-electron chi connectivity index (χ2n) is 8.11. The van der Waals surface area contributed by atoms with E-state index in [4.69, 9.17) is 0 Å². The quantitative estimate of drug-likeness (QED) is 0.463. The molecule has 0 spiro atoms. The van der Waals surface area contributed by atoms with Gasteiger partial charge in [0.15, 0.2) is 6.04 Å². The lowest BCUT2D eigenvalue weighted by atomic mass is 10.1. The zero-order valence-corrected chi connectivity index (χ0v) is 17.8. The number of anilines is 2. The van der Waals surface area contributed by atoms with Crippen LogP contribution in [0.1, 0.15) is 22.1 Å². The van der Waals surface area contributed by atoms with Gasteiger partial charge in [-0.25, -0.2) is 4.98 Å².